The lowest BCUT2D eigenvalue weighted by Crippen LogP contribution is -2.28. The lowest BCUT2D eigenvalue weighted by atomic mass is 10.1. The zero-order valence-electron chi connectivity index (χ0n) is 15.4. The van der Waals surface area contributed by atoms with E-state index < -0.39 is 0 Å². The number of rotatable bonds is 6. The van der Waals surface area contributed by atoms with Crippen LogP contribution in [0.25, 0.3) is 11.0 Å². The monoisotopic (exact) mass is 413 g/mol. The van der Waals surface area contributed by atoms with Gasteiger partial charge in [-0.2, -0.15) is 0 Å². The fourth-order valence-corrected chi connectivity index (χ4v) is 3.42. The number of halogens is 1. The second kappa shape index (κ2) is 8.04. The highest BCUT2D eigenvalue weighted by atomic mass is 79.9. The van der Waals surface area contributed by atoms with Gasteiger partial charge in [0.15, 0.2) is 0 Å². The third kappa shape index (κ3) is 4.15. The second-order valence-electron chi connectivity index (χ2n) is 7.00. The van der Waals surface area contributed by atoms with E-state index in [0.29, 0.717) is 11.5 Å². The Labute approximate surface area is 162 Å². The van der Waals surface area contributed by atoms with Crippen LogP contribution in [0.1, 0.15) is 49.4 Å². The predicted octanol–water partition coefficient (Wildman–Crippen LogP) is 5.34. The van der Waals surface area contributed by atoms with E-state index >= 15 is 0 Å². The Hall–Kier alpha value is -2.14. The molecule has 1 unspecified atom stereocenters. The lowest BCUT2D eigenvalue weighted by molar-refractivity contribution is 0.0937. The number of para-hydroxylation sites is 2. The van der Waals surface area contributed by atoms with Crippen molar-refractivity contribution < 1.29 is 4.79 Å². The molecule has 1 amide bonds. The molecule has 1 aromatic heterocycles. The summed E-state index contributed by atoms with van der Waals surface area (Å²) in [6.07, 6.45) is 1.07. The van der Waals surface area contributed by atoms with E-state index in [1.807, 2.05) is 49.4 Å². The second-order valence-corrected chi connectivity index (χ2v) is 7.91. The highest BCUT2D eigenvalue weighted by Crippen LogP contribution is 2.22. The molecule has 1 atom stereocenters. The molecule has 0 radical (unpaired) electrons. The summed E-state index contributed by atoms with van der Waals surface area (Å²) in [6.45, 7) is 7.32. The average molecular weight is 414 g/mol. The molecule has 4 nitrogen and oxygen atoms in total. The summed E-state index contributed by atoms with van der Waals surface area (Å²) in [7, 11) is 0. The zero-order valence-corrected chi connectivity index (χ0v) is 17.0. The van der Waals surface area contributed by atoms with E-state index in [-0.39, 0.29) is 11.9 Å². The van der Waals surface area contributed by atoms with Gasteiger partial charge in [-0.05, 0) is 49.6 Å². The van der Waals surface area contributed by atoms with Crippen molar-refractivity contribution in [2.75, 3.05) is 0 Å². The number of carbonyl (C=O) groups is 1. The van der Waals surface area contributed by atoms with Gasteiger partial charge in [0.05, 0.1) is 17.1 Å². The normalized spacial score (nSPS) is 12.5. The van der Waals surface area contributed by atoms with E-state index in [2.05, 4.69) is 45.7 Å². The SMILES string of the molecule is CC(C)CCn1c(C(C)NC(=O)c2cccc(Br)c2)nc2ccccc21. The Bertz CT molecular complexity index is 917. The number of carbonyl (C=O) groups excluding carboxylic acids is 1. The fourth-order valence-electron chi connectivity index (χ4n) is 3.02. The standard InChI is InChI=1S/C21H24BrN3O/c1-14(2)11-12-25-19-10-5-4-9-18(19)24-20(25)15(3)23-21(26)16-7-6-8-17(22)13-16/h4-10,13-15H,11-12H2,1-3H3,(H,23,26). The van der Waals surface area contributed by atoms with Crippen LogP contribution >= 0.6 is 15.9 Å². The third-order valence-electron chi connectivity index (χ3n) is 4.44. The molecule has 1 N–H and O–H groups in total. The number of nitrogens with one attached hydrogen (secondary N) is 1. The summed E-state index contributed by atoms with van der Waals surface area (Å²) < 4.78 is 3.13. The molecule has 5 heteroatoms. The molecule has 0 bridgehead atoms. The maximum atomic E-state index is 12.6. The molecule has 0 saturated heterocycles. The molecule has 0 aliphatic carbocycles. The Morgan fingerprint density at radius 3 is 2.65 bits per heavy atom. The Morgan fingerprint density at radius 1 is 1.15 bits per heavy atom. The smallest absolute Gasteiger partial charge is 0.251 e. The molecule has 1 heterocycles. The van der Waals surface area contributed by atoms with E-state index in [1.54, 1.807) is 0 Å². The van der Waals surface area contributed by atoms with Gasteiger partial charge in [0.1, 0.15) is 5.82 Å². The molecular weight excluding hydrogens is 390 g/mol. The Kier molecular flexibility index (Phi) is 5.77. The van der Waals surface area contributed by atoms with E-state index in [9.17, 15) is 4.79 Å². The van der Waals surface area contributed by atoms with E-state index in [0.717, 1.165) is 34.3 Å². The summed E-state index contributed by atoms with van der Waals surface area (Å²) >= 11 is 3.41. The number of hydrogen-bond donors (Lipinski definition) is 1. The van der Waals surface area contributed by atoms with Gasteiger partial charge in [-0.3, -0.25) is 4.79 Å². The van der Waals surface area contributed by atoms with Gasteiger partial charge in [0.25, 0.3) is 5.91 Å². The van der Waals surface area contributed by atoms with Crippen molar-refractivity contribution in [1.82, 2.24) is 14.9 Å². The summed E-state index contributed by atoms with van der Waals surface area (Å²) in [5.74, 6) is 1.41. The first-order chi connectivity index (χ1) is 12.5. The molecule has 136 valence electrons. The molecule has 0 aliphatic heterocycles. The van der Waals surface area contributed by atoms with Gasteiger partial charge in [-0.15, -0.1) is 0 Å². The van der Waals surface area contributed by atoms with Crippen LogP contribution in [0.15, 0.2) is 53.0 Å². The number of amides is 1. The fraction of sp³-hybridized carbons (Fsp3) is 0.333. The highest BCUT2D eigenvalue weighted by molar-refractivity contribution is 9.10. The third-order valence-corrected chi connectivity index (χ3v) is 4.93. The number of nitrogens with zero attached hydrogens (tertiary/aromatic N) is 2. The largest absolute Gasteiger partial charge is 0.342 e. The van der Waals surface area contributed by atoms with E-state index in [1.165, 1.54) is 0 Å². The first-order valence-electron chi connectivity index (χ1n) is 8.97. The van der Waals surface area contributed by atoms with Gasteiger partial charge < -0.3 is 9.88 Å². The number of benzene rings is 2. The summed E-state index contributed by atoms with van der Waals surface area (Å²) in [5, 5.41) is 3.09. The molecule has 26 heavy (non-hydrogen) atoms. The van der Waals surface area contributed by atoms with Gasteiger partial charge in [0, 0.05) is 16.6 Å². The van der Waals surface area contributed by atoms with Crippen molar-refractivity contribution >= 4 is 32.9 Å². The van der Waals surface area contributed by atoms with Gasteiger partial charge in [0.2, 0.25) is 0 Å². The molecule has 0 spiro atoms. The molecular formula is C21H24BrN3O. The maximum Gasteiger partial charge on any atom is 0.251 e. The van der Waals surface area contributed by atoms with E-state index in [4.69, 9.17) is 4.98 Å². The van der Waals surface area contributed by atoms with Crippen LogP contribution < -0.4 is 5.32 Å². The Balaban J connectivity index is 1.88. The molecule has 3 rings (SSSR count). The van der Waals surface area contributed by atoms with Crippen molar-refractivity contribution in [3.63, 3.8) is 0 Å². The van der Waals surface area contributed by atoms with Gasteiger partial charge in [-0.1, -0.05) is 48.0 Å². The summed E-state index contributed by atoms with van der Waals surface area (Å²) in [6, 6.07) is 15.4. The van der Waals surface area contributed by atoms with Crippen molar-refractivity contribution in [3.8, 4) is 0 Å². The number of imidazole rings is 1. The topological polar surface area (TPSA) is 46.9 Å². The Morgan fingerprint density at radius 2 is 1.92 bits per heavy atom. The molecule has 0 aliphatic rings. The lowest BCUT2D eigenvalue weighted by Gasteiger charge is -2.17. The van der Waals surface area contributed by atoms with Crippen LogP contribution in [0.3, 0.4) is 0 Å². The van der Waals surface area contributed by atoms with Crippen molar-refractivity contribution in [2.24, 2.45) is 5.92 Å². The predicted molar refractivity (Wildman–Crippen MR) is 109 cm³/mol. The van der Waals surface area contributed by atoms with Crippen molar-refractivity contribution in [2.45, 2.75) is 39.8 Å². The quantitative estimate of drug-likeness (QED) is 0.592. The van der Waals surface area contributed by atoms with Crippen LogP contribution in [0.2, 0.25) is 0 Å². The molecule has 0 fully saturated rings. The molecule has 2 aromatic carbocycles. The van der Waals surface area contributed by atoms with Crippen molar-refractivity contribution in [1.29, 1.82) is 0 Å². The number of hydrogen-bond acceptors (Lipinski definition) is 2. The minimum Gasteiger partial charge on any atom is -0.342 e. The number of fused-ring (bicyclic) bond motifs is 1. The highest BCUT2D eigenvalue weighted by Gasteiger charge is 2.19. The van der Waals surface area contributed by atoms with Crippen molar-refractivity contribution in [3.05, 3.63) is 64.4 Å². The van der Waals surface area contributed by atoms with Crippen LogP contribution in [0.4, 0.5) is 0 Å². The van der Waals surface area contributed by atoms with Crippen LogP contribution in [-0.4, -0.2) is 15.5 Å². The summed E-state index contributed by atoms with van der Waals surface area (Å²) in [4.78, 5) is 17.4. The molecule has 3 aromatic rings. The number of aryl methyl sites for hydroxylation is 1. The van der Waals surface area contributed by atoms with Crippen LogP contribution in [0.5, 0.6) is 0 Å². The van der Waals surface area contributed by atoms with Crippen LogP contribution in [0, 0.1) is 5.92 Å². The van der Waals surface area contributed by atoms with Crippen LogP contribution in [-0.2, 0) is 6.54 Å². The summed E-state index contributed by atoms with van der Waals surface area (Å²) in [5.41, 5.74) is 2.72. The van der Waals surface area contributed by atoms with Gasteiger partial charge >= 0.3 is 0 Å². The maximum absolute atomic E-state index is 12.6. The first kappa shape index (κ1) is 18.6. The minimum atomic E-state index is -0.180. The molecule has 0 saturated carbocycles. The minimum absolute atomic E-state index is 0.0961. The van der Waals surface area contributed by atoms with Gasteiger partial charge in [-0.25, -0.2) is 4.98 Å². The first-order valence-corrected chi connectivity index (χ1v) is 9.76. The number of aromatic nitrogens is 2. The zero-order chi connectivity index (χ0) is 18.7. The average Bonchev–Trinajstić information content (AvgIpc) is 2.98.